The molecule has 0 amide bonds. The molecule has 7 nitrogen and oxygen atoms in total. The molecule has 28 heavy (non-hydrogen) atoms. The van der Waals surface area contributed by atoms with E-state index in [9.17, 15) is 31.7 Å². The molecule has 0 aliphatic carbocycles. The molecular formula is C17H18F3N3O4S. The van der Waals surface area contributed by atoms with Gasteiger partial charge in [0.1, 0.15) is 0 Å². The number of nitrogens with zero attached hydrogens (tertiary/aromatic N) is 2. The molecule has 0 aliphatic heterocycles. The molecule has 0 unspecified atom stereocenters. The maximum Gasteiger partial charge on any atom is 0.416 e. The molecule has 0 radical (unpaired) electrons. The molecule has 0 saturated carbocycles. The van der Waals surface area contributed by atoms with Crippen molar-refractivity contribution in [2.45, 2.75) is 24.0 Å². The van der Waals surface area contributed by atoms with E-state index in [1.54, 1.807) is 0 Å². The minimum atomic E-state index is -4.55. The van der Waals surface area contributed by atoms with E-state index in [2.05, 4.69) is 0 Å². The third kappa shape index (κ3) is 4.66. The Morgan fingerprint density at radius 1 is 1.18 bits per heavy atom. The van der Waals surface area contributed by atoms with Gasteiger partial charge in [-0.3, -0.25) is 10.1 Å². The molecule has 2 aromatic carbocycles. The summed E-state index contributed by atoms with van der Waals surface area (Å²) in [6, 6.07) is 6.88. The molecule has 0 aromatic heterocycles. The average molecular weight is 417 g/mol. The summed E-state index contributed by atoms with van der Waals surface area (Å²) in [6.45, 7) is 1.04. The summed E-state index contributed by atoms with van der Waals surface area (Å²) >= 11 is 0. The van der Waals surface area contributed by atoms with Crippen LogP contribution in [0.4, 0.5) is 18.9 Å². The second kappa shape index (κ2) is 7.86. The van der Waals surface area contributed by atoms with Crippen LogP contribution in [0.1, 0.15) is 22.7 Å². The van der Waals surface area contributed by atoms with Crippen LogP contribution in [-0.4, -0.2) is 31.2 Å². The van der Waals surface area contributed by atoms with Crippen LogP contribution in [0.25, 0.3) is 0 Å². The van der Waals surface area contributed by atoms with Gasteiger partial charge >= 0.3 is 6.18 Å². The number of likely N-dealkylation sites (N-methyl/N-ethyl adjacent to an activating group) is 1. The van der Waals surface area contributed by atoms with Crippen molar-refractivity contribution in [1.29, 1.82) is 0 Å². The van der Waals surface area contributed by atoms with E-state index in [0.717, 1.165) is 34.6 Å². The van der Waals surface area contributed by atoms with Gasteiger partial charge in [0.2, 0.25) is 10.0 Å². The summed E-state index contributed by atoms with van der Waals surface area (Å²) in [4.78, 5) is 9.82. The maximum atomic E-state index is 13.1. The summed E-state index contributed by atoms with van der Waals surface area (Å²) in [5.74, 6) is 0. The first-order chi connectivity index (χ1) is 12.8. The number of nitrogens with two attached hydrogens (primary N) is 1. The third-order valence-electron chi connectivity index (χ3n) is 4.20. The summed E-state index contributed by atoms with van der Waals surface area (Å²) < 4.78 is 65.2. The molecule has 152 valence electrons. The Balaban J connectivity index is 2.23. The smallest absolute Gasteiger partial charge is 0.323 e. The Hall–Kier alpha value is -2.50. The summed E-state index contributed by atoms with van der Waals surface area (Å²) in [6.07, 6.45) is -4.55. The van der Waals surface area contributed by atoms with Crippen LogP contribution in [0, 0.1) is 17.0 Å². The van der Waals surface area contributed by atoms with Gasteiger partial charge in [0.25, 0.3) is 5.69 Å². The molecule has 2 rings (SSSR count). The number of halogens is 3. The second-order valence-corrected chi connectivity index (χ2v) is 8.26. The van der Waals surface area contributed by atoms with Crippen LogP contribution in [0.15, 0.2) is 47.4 Å². The highest BCUT2D eigenvalue weighted by molar-refractivity contribution is 7.89. The van der Waals surface area contributed by atoms with Crippen molar-refractivity contribution in [2.24, 2.45) is 5.73 Å². The van der Waals surface area contributed by atoms with Crippen LogP contribution in [0.2, 0.25) is 0 Å². The largest absolute Gasteiger partial charge is 0.416 e. The molecule has 0 aliphatic rings. The van der Waals surface area contributed by atoms with E-state index < -0.39 is 32.7 Å². The predicted octanol–water partition coefficient (Wildman–Crippen LogP) is 3.24. The molecule has 11 heteroatoms. The highest BCUT2D eigenvalue weighted by Gasteiger charge is 2.33. The van der Waals surface area contributed by atoms with Crippen molar-refractivity contribution in [3.05, 3.63) is 69.3 Å². The van der Waals surface area contributed by atoms with E-state index in [-0.39, 0.29) is 28.3 Å². The zero-order chi connectivity index (χ0) is 21.3. The van der Waals surface area contributed by atoms with Crippen LogP contribution >= 0.6 is 0 Å². The molecule has 2 N–H and O–H groups in total. The number of alkyl halides is 3. The van der Waals surface area contributed by atoms with Crippen molar-refractivity contribution in [1.82, 2.24) is 4.31 Å². The lowest BCUT2D eigenvalue weighted by atomic mass is 10.0. The molecular weight excluding hydrogens is 399 g/mol. The van der Waals surface area contributed by atoms with E-state index in [1.807, 2.05) is 0 Å². The van der Waals surface area contributed by atoms with Crippen LogP contribution in [0.3, 0.4) is 0 Å². The standard InChI is InChI=1S/C17H18F3N3O4S/c1-11-3-4-12(9-15(11)17(18,19)20)16(21)10-22(2)28(26,27)14-7-5-13(6-8-14)23(24)25/h3-9,16H,10,21H2,1-2H3/t16-/m1/s1. The Labute approximate surface area is 159 Å². The Bertz CT molecular complexity index is 976. The van der Waals surface area contributed by atoms with Gasteiger partial charge < -0.3 is 5.73 Å². The number of benzene rings is 2. The van der Waals surface area contributed by atoms with Gasteiger partial charge in [0.15, 0.2) is 0 Å². The van der Waals surface area contributed by atoms with Crippen molar-refractivity contribution in [2.75, 3.05) is 13.6 Å². The average Bonchev–Trinajstić information content (AvgIpc) is 2.60. The monoisotopic (exact) mass is 417 g/mol. The summed E-state index contributed by atoms with van der Waals surface area (Å²) in [7, 11) is -2.79. The molecule has 2 aromatic rings. The molecule has 0 spiro atoms. The maximum absolute atomic E-state index is 13.1. The van der Waals surface area contributed by atoms with E-state index in [4.69, 9.17) is 5.73 Å². The fraction of sp³-hybridized carbons (Fsp3) is 0.294. The topological polar surface area (TPSA) is 107 Å². The van der Waals surface area contributed by atoms with Crippen LogP contribution < -0.4 is 5.73 Å². The zero-order valence-corrected chi connectivity index (χ0v) is 15.8. The number of nitro benzene ring substituents is 1. The minimum Gasteiger partial charge on any atom is -0.323 e. The lowest BCUT2D eigenvalue weighted by Crippen LogP contribution is -2.34. The first-order valence-corrected chi connectivity index (χ1v) is 9.42. The van der Waals surface area contributed by atoms with Crippen molar-refractivity contribution >= 4 is 15.7 Å². The Morgan fingerprint density at radius 3 is 2.25 bits per heavy atom. The van der Waals surface area contributed by atoms with Gasteiger partial charge in [-0.25, -0.2) is 8.42 Å². The number of hydrogen-bond acceptors (Lipinski definition) is 5. The van der Waals surface area contributed by atoms with Gasteiger partial charge in [0, 0.05) is 31.8 Å². The van der Waals surface area contributed by atoms with Gasteiger partial charge in [-0.05, 0) is 36.2 Å². The van der Waals surface area contributed by atoms with Gasteiger partial charge in [-0.1, -0.05) is 12.1 Å². The Kier molecular flexibility index (Phi) is 6.12. The van der Waals surface area contributed by atoms with Crippen molar-refractivity contribution < 1.29 is 26.5 Å². The van der Waals surface area contributed by atoms with E-state index in [1.165, 1.54) is 26.1 Å². The van der Waals surface area contributed by atoms with E-state index in [0.29, 0.717) is 0 Å². The number of hydrogen-bond donors (Lipinski definition) is 1. The number of sulfonamides is 1. The zero-order valence-electron chi connectivity index (χ0n) is 15.0. The number of nitro groups is 1. The highest BCUT2D eigenvalue weighted by Crippen LogP contribution is 2.33. The predicted molar refractivity (Wildman–Crippen MR) is 96.0 cm³/mol. The number of non-ortho nitro benzene ring substituents is 1. The quantitative estimate of drug-likeness (QED) is 0.574. The second-order valence-electron chi connectivity index (χ2n) is 6.22. The van der Waals surface area contributed by atoms with Gasteiger partial charge in [0.05, 0.1) is 15.4 Å². The lowest BCUT2D eigenvalue weighted by Gasteiger charge is -2.22. The highest BCUT2D eigenvalue weighted by atomic mass is 32.2. The van der Waals surface area contributed by atoms with E-state index >= 15 is 0 Å². The molecule has 0 heterocycles. The first kappa shape index (κ1) is 21.8. The fourth-order valence-electron chi connectivity index (χ4n) is 2.58. The molecule has 0 bridgehead atoms. The molecule has 0 saturated heterocycles. The number of rotatable bonds is 6. The first-order valence-electron chi connectivity index (χ1n) is 7.98. The lowest BCUT2D eigenvalue weighted by molar-refractivity contribution is -0.384. The SMILES string of the molecule is Cc1ccc([C@H](N)CN(C)S(=O)(=O)c2ccc([N+](=O)[O-])cc2)cc1C(F)(F)F. The van der Waals surface area contributed by atoms with Gasteiger partial charge in [-0.15, -0.1) is 0 Å². The Morgan fingerprint density at radius 2 is 1.75 bits per heavy atom. The molecule has 0 fully saturated rings. The van der Waals surface area contributed by atoms with Crippen molar-refractivity contribution in [3.63, 3.8) is 0 Å². The van der Waals surface area contributed by atoms with Crippen LogP contribution in [0.5, 0.6) is 0 Å². The van der Waals surface area contributed by atoms with Crippen molar-refractivity contribution in [3.8, 4) is 0 Å². The van der Waals surface area contributed by atoms with Gasteiger partial charge in [-0.2, -0.15) is 17.5 Å². The summed E-state index contributed by atoms with van der Waals surface area (Å²) in [5, 5.41) is 10.7. The fourth-order valence-corrected chi connectivity index (χ4v) is 3.77. The third-order valence-corrected chi connectivity index (χ3v) is 6.04. The van der Waals surface area contributed by atoms with Crippen LogP contribution in [-0.2, 0) is 16.2 Å². The molecule has 1 atom stereocenters. The minimum absolute atomic E-state index is 0.0373. The summed E-state index contributed by atoms with van der Waals surface area (Å²) in [5.41, 5.74) is 5.02. The number of aryl methyl sites for hydroxylation is 1. The normalized spacial score (nSPS) is 13.5.